The summed E-state index contributed by atoms with van der Waals surface area (Å²) in [6.45, 7) is 0.312. The quantitative estimate of drug-likeness (QED) is 0.879. The molecule has 1 saturated carbocycles. The van der Waals surface area contributed by atoms with Gasteiger partial charge >= 0.3 is 5.97 Å². The summed E-state index contributed by atoms with van der Waals surface area (Å²) >= 11 is 0. The average Bonchev–Trinajstić information content (AvgIpc) is 2.84. The molecule has 20 heavy (non-hydrogen) atoms. The molecule has 1 aliphatic rings. The lowest BCUT2D eigenvalue weighted by atomic mass is 10.0. The van der Waals surface area contributed by atoms with Crippen molar-refractivity contribution in [2.75, 3.05) is 13.6 Å². The highest BCUT2D eigenvalue weighted by atomic mass is 16.4. The largest absolute Gasteiger partial charge is 0.478 e. The van der Waals surface area contributed by atoms with Gasteiger partial charge in [0.25, 0.3) is 5.91 Å². The predicted octanol–water partition coefficient (Wildman–Crippen LogP) is 1.76. The molecular formula is C15H19NO4. The van der Waals surface area contributed by atoms with Crippen molar-refractivity contribution in [3.63, 3.8) is 0 Å². The normalized spacial score (nSPS) is 16.9. The Balaban J connectivity index is 2.04. The molecule has 0 aliphatic heterocycles. The fourth-order valence-corrected chi connectivity index (χ4v) is 2.68. The summed E-state index contributed by atoms with van der Waals surface area (Å²) in [5.41, 5.74) is -0.191. The topological polar surface area (TPSA) is 77.8 Å². The van der Waals surface area contributed by atoms with Crippen LogP contribution in [0, 0.1) is 0 Å². The summed E-state index contributed by atoms with van der Waals surface area (Å²) in [6.07, 6.45) is 3.43. The van der Waals surface area contributed by atoms with Gasteiger partial charge in [0, 0.05) is 19.2 Å². The molecule has 108 valence electrons. The Morgan fingerprint density at radius 3 is 2.15 bits per heavy atom. The SMILES string of the molecule is CN(CC1(O)CCCC1)C(=O)c1ccc(C(=O)O)cc1. The van der Waals surface area contributed by atoms with Gasteiger partial charge in [-0.25, -0.2) is 4.79 Å². The number of carbonyl (C=O) groups is 2. The zero-order valence-electron chi connectivity index (χ0n) is 11.5. The average molecular weight is 277 g/mol. The first kappa shape index (κ1) is 14.5. The van der Waals surface area contributed by atoms with Crippen LogP contribution in [0.4, 0.5) is 0 Å². The summed E-state index contributed by atoms with van der Waals surface area (Å²) in [6, 6.07) is 5.82. The van der Waals surface area contributed by atoms with Crippen LogP contribution in [0.2, 0.25) is 0 Å². The molecule has 1 fully saturated rings. The summed E-state index contributed by atoms with van der Waals surface area (Å²) in [4.78, 5) is 24.5. The molecule has 0 aromatic heterocycles. The molecule has 0 bridgehead atoms. The molecule has 2 N–H and O–H groups in total. The van der Waals surface area contributed by atoms with Gasteiger partial charge in [-0.15, -0.1) is 0 Å². The van der Waals surface area contributed by atoms with Crippen LogP contribution in [0.3, 0.4) is 0 Å². The molecule has 1 aromatic carbocycles. The number of rotatable bonds is 4. The maximum absolute atomic E-state index is 12.2. The first-order chi connectivity index (χ1) is 9.41. The Kier molecular flexibility index (Phi) is 4.09. The number of aliphatic hydroxyl groups is 1. The fraction of sp³-hybridized carbons (Fsp3) is 0.467. The standard InChI is InChI=1S/C15H19NO4/c1-16(10-15(20)8-2-3-9-15)13(17)11-4-6-12(7-5-11)14(18)19/h4-7,20H,2-3,8-10H2,1H3,(H,18,19). The van der Waals surface area contributed by atoms with Crippen molar-refractivity contribution in [2.24, 2.45) is 0 Å². The summed E-state index contributed by atoms with van der Waals surface area (Å²) < 4.78 is 0. The van der Waals surface area contributed by atoms with Crippen molar-refractivity contribution in [1.82, 2.24) is 4.90 Å². The van der Waals surface area contributed by atoms with Gasteiger partial charge in [-0.05, 0) is 37.1 Å². The van der Waals surface area contributed by atoms with Crippen LogP contribution >= 0.6 is 0 Å². The number of carboxylic acid groups (broad SMARTS) is 1. The van der Waals surface area contributed by atoms with Crippen molar-refractivity contribution in [2.45, 2.75) is 31.3 Å². The number of aromatic carboxylic acids is 1. The van der Waals surface area contributed by atoms with E-state index in [1.807, 2.05) is 0 Å². The van der Waals surface area contributed by atoms with E-state index in [-0.39, 0.29) is 11.5 Å². The van der Waals surface area contributed by atoms with Gasteiger partial charge in [0.05, 0.1) is 11.2 Å². The van der Waals surface area contributed by atoms with Crippen molar-refractivity contribution < 1.29 is 19.8 Å². The van der Waals surface area contributed by atoms with E-state index >= 15 is 0 Å². The molecule has 2 rings (SSSR count). The number of hydrogen-bond donors (Lipinski definition) is 2. The second kappa shape index (κ2) is 5.63. The van der Waals surface area contributed by atoms with Gasteiger partial charge in [-0.1, -0.05) is 12.8 Å². The highest BCUT2D eigenvalue weighted by Gasteiger charge is 2.33. The number of benzene rings is 1. The second-order valence-electron chi connectivity index (χ2n) is 5.48. The van der Waals surface area contributed by atoms with Gasteiger partial charge in [0.2, 0.25) is 0 Å². The van der Waals surface area contributed by atoms with E-state index in [0.717, 1.165) is 25.7 Å². The summed E-state index contributed by atoms with van der Waals surface area (Å²) in [5.74, 6) is -1.22. The van der Waals surface area contributed by atoms with E-state index in [1.165, 1.54) is 29.2 Å². The molecule has 0 saturated heterocycles. The van der Waals surface area contributed by atoms with E-state index in [0.29, 0.717) is 12.1 Å². The fourth-order valence-electron chi connectivity index (χ4n) is 2.68. The van der Waals surface area contributed by atoms with Crippen LogP contribution < -0.4 is 0 Å². The molecule has 1 aromatic rings. The first-order valence-corrected chi connectivity index (χ1v) is 6.72. The molecule has 1 amide bonds. The highest BCUT2D eigenvalue weighted by molar-refractivity contribution is 5.95. The van der Waals surface area contributed by atoms with E-state index in [9.17, 15) is 14.7 Å². The number of hydrogen-bond acceptors (Lipinski definition) is 3. The lowest BCUT2D eigenvalue weighted by Crippen LogP contribution is -2.42. The Morgan fingerprint density at radius 2 is 1.65 bits per heavy atom. The van der Waals surface area contributed by atoms with Crippen molar-refractivity contribution in [3.05, 3.63) is 35.4 Å². The van der Waals surface area contributed by atoms with Gasteiger partial charge < -0.3 is 15.1 Å². The van der Waals surface area contributed by atoms with E-state index in [4.69, 9.17) is 5.11 Å². The van der Waals surface area contributed by atoms with Crippen LogP contribution in [0.5, 0.6) is 0 Å². The molecule has 0 radical (unpaired) electrons. The highest BCUT2D eigenvalue weighted by Crippen LogP contribution is 2.30. The minimum Gasteiger partial charge on any atom is -0.478 e. The summed E-state index contributed by atoms with van der Waals surface area (Å²) in [5, 5.41) is 19.1. The number of amides is 1. The van der Waals surface area contributed by atoms with Gasteiger partial charge in [0.15, 0.2) is 0 Å². The van der Waals surface area contributed by atoms with Gasteiger partial charge in [-0.2, -0.15) is 0 Å². The van der Waals surface area contributed by atoms with Crippen molar-refractivity contribution in [1.29, 1.82) is 0 Å². The first-order valence-electron chi connectivity index (χ1n) is 6.72. The molecule has 0 heterocycles. The predicted molar refractivity (Wildman–Crippen MR) is 73.8 cm³/mol. The third kappa shape index (κ3) is 3.17. The van der Waals surface area contributed by atoms with Crippen LogP contribution in [0.25, 0.3) is 0 Å². The van der Waals surface area contributed by atoms with Crippen LogP contribution in [0.15, 0.2) is 24.3 Å². The zero-order chi connectivity index (χ0) is 14.8. The third-order valence-corrected chi connectivity index (χ3v) is 3.79. The summed E-state index contributed by atoms with van der Waals surface area (Å²) in [7, 11) is 1.66. The van der Waals surface area contributed by atoms with E-state index in [2.05, 4.69) is 0 Å². The molecule has 5 nitrogen and oxygen atoms in total. The minimum absolute atomic E-state index is 0.152. The Morgan fingerprint density at radius 1 is 1.15 bits per heavy atom. The van der Waals surface area contributed by atoms with Gasteiger partial charge in [0.1, 0.15) is 0 Å². The molecule has 5 heteroatoms. The maximum atomic E-state index is 12.2. The number of carboxylic acids is 1. The Labute approximate surface area is 117 Å². The van der Waals surface area contributed by atoms with E-state index < -0.39 is 11.6 Å². The molecular weight excluding hydrogens is 258 g/mol. The molecule has 0 spiro atoms. The number of carbonyl (C=O) groups excluding carboxylic acids is 1. The molecule has 1 aliphatic carbocycles. The van der Waals surface area contributed by atoms with Gasteiger partial charge in [-0.3, -0.25) is 4.79 Å². The Hall–Kier alpha value is -1.88. The third-order valence-electron chi connectivity index (χ3n) is 3.79. The minimum atomic E-state index is -1.02. The smallest absolute Gasteiger partial charge is 0.335 e. The lowest BCUT2D eigenvalue weighted by molar-refractivity contribution is 0.0157. The number of likely N-dealkylation sites (N-methyl/N-ethyl adjacent to an activating group) is 1. The monoisotopic (exact) mass is 277 g/mol. The van der Waals surface area contributed by atoms with Crippen molar-refractivity contribution >= 4 is 11.9 Å². The van der Waals surface area contributed by atoms with Crippen molar-refractivity contribution in [3.8, 4) is 0 Å². The molecule has 0 atom stereocenters. The molecule has 0 unspecified atom stereocenters. The van der Waals surface area contributed by atoms with Crippen LogP contribution in [-0.4, -0.2) is 46.2 Å². The maximum Gasteiger partial charge on any atom is 0.335 e. The Bertz CT molecular complexity index is 503. The van der Waals surface area contributed by atoms with E-state index in [1.54, 1.807) is 7.05 Å². The lowest BCUT2D eigenvalue weighted by Gasteiger charge is -2.28. The second-order valence-corrected chi connectivity index (χ2v) is 5.48. The van der Waals surface area contributed by atoms with Crippen LogP contribution in [0.1, 0.15) is 46.4 Å². The zero-order valence-corrected chi connectivity index (χ0v) is 11.5. The van der Waals surface area contributed by atoms with Crippen LogP contribution in [-0.2, 0) is 0 Å². The number of nitrogens with zero attached hydrogens (tertiary/aromatic N) is 1.